The van der Waals surface area contributed by atoms with E-state index in [-0.39, 0.29) is 19.5 Å². The van der Waals surface area contributed by atoms with Gasteiger partial charge in [-0.1, -0.05) is 6.07 Å². The standard InChI is InChI=1S/C19H17F6N3O4S/c20-18(21,22)12-31-15-4-5-16(32-13-19(23,24)25)17(9-15)33(29,30)28(8-2-6-26)11-14-3-1-7-27-10-14/h1,3-5,7,9-10H,2,8,11-13H2. The van der Waals surface area contributed by atoms with Gasteiger partial charge >= 0.3 is 12.4 Å². The highest BCUT2D eigenvalue weighted by Gasteiger charge is 2.33. The number of pyridine rings is 1. The van der Waals surface area contributed by atoms with Gasteiger partial charge in [0.25, 0.3) is 0 Å². The number of benzene rings is 1. The Morgan fingerprint density at radius 3 is 2.27 bits per heavy atom. The van der Waals surface area contributed by atoms with Crippen molar-refractivity contribution in [1.29, 1.82) is 5.26 Å². The van der Waals surface area contributed by atoms with Crippen molar-refractivity contribution in [3.8, 4) is 17.6 Å². The Morgan fingerprint density at radius 2 is 1.70 bits per heavy atom. The van der Waals surface area contributed by atoms with E-state index in [1.807, 2.05) is 0 Å². The molecule has 14 heteroatoms. The third-order valence-electron chi connectivity index (χ3n) is 3.88. The fraction of sp³-hybridized carbons (Fsp3) is 0.368. The molecule has 180 valence electrons. The second kappa shape index (κ2) is 10.7. The van der Waals surface area contributed by atoms with Gasteiger partial charge in [-0.3, -0.25) is 4.98 Å². The van der Waals surface area contributed by atoms with E-state index in [9.17, 15) is 34.8 Å². The maximum absolute atomic E-state index is 13.3. The summed E-state index contributed by atoms with van der Waals surface area (Å²) in [6.45, 7) is -4.23. The number of hydrogen-bond acceptors (Lipinski definition) is 6. The second-order valence-corrected chi connectivity index (χ2v) is 8.43. The van der Waals surface area contributed by atoms with Crippen molar-refractivity contribution in [2.45, 2.75) is 30.2 Å². The van der Waals surface area contributed by atoms with Gasteiger partial charge in [-0.15, -0.1) is 0 Å². The maximum Gasteiger partial charge on any atom is 0.422 e. The van der Waals surface area contributed by atoms with E-state index in [2.05, 4.69) is 14.5 Å². The van der Waals surface area contributed by atoms with Crippen LogP contribution in [0.3, 0.4) is 0 Å². The summed E-state index contributed by atoms with van der Waals surface area (Å²) in [5.74, 6) is -1.29. The molecule has 33 heavy (non-hydrogen) atoms. The number of rotatable bonds is 10. The predicted octanol–water partition coefficient (Wildman–Crippen LogP) is 4.07. The third kappa shape index (κ3) is 8.43. The van der Waals surface area contributed by atoms with E-state index in [4.69, 9.17) is 5.26 Å². The summed E-state index contributed by atoms with van der Waals surface area (Å²) >= 11 is 0. The number of nitrogens with zero attached hydrogens (tertiary/aromatic N) is 3. The molecule has 0 fully saturated rings. The molecule has 0 spiro atoms. The van der Waals surface area contributed by atoms with Crippen molar-refractivity contribution >= 4 is 10.0 Å². The molecule has 0 aliphatic carbocycles. The van der Waals surface area contributed by atoms with Gasteiger partial charge in [0, 0.05) is 38.0 Å². The average Bonchev–Trinajstić information content (AvgIpc) is 2.73. The number of ether oxygens (including phenoxy) is 2. The molecule has 0 radical (unpaired) electrons. The highest BCUT2D eigenvalue weighted by atomic mass is 32.2. The highest BCUT2D eigenvalue weighted by Crippen LogP contribution is 2.33. The monoisotopic (exact) mass is 497 g/mol. The SMILES string of the molecule is N#CCCN(Cc1cccnc1)S(=O)(=O)c1cc(OCC(F)(F)F)ccc1OCC(F)(F)F. The van der Waals surface area contributed by atoms with Crippen LogP contribution in [0.1, 0.15) is 12.0 Å². The highest BCUT2D eigenvalue weighted by molar-refractivity contribution is 7.89. The van der Waals surface area contributed by atoms with Gasteiger partial charge in [-0.05, 0) is 23.8 Å². The fourth-order valence-corrected chi connectivity index (χ4v) is 4.09. The van der Waals surface area contributed by atoms with Crippen LogP contribution >= 0.6 is 0 Å². The van der Waals surface area contributed by atoms with Crippen LogP contribution < -0.4 is 9.47 Å². The van der Waals surface area contributed by atoms with Crippen LogP contribution in [0.25, 0.3) is 0 Å². The Bertz CT molecular complexity index is 1070. The zero-order valence-electron chi connectivity index (χ0n) is 16.7. The van der Waals surface area contributed by atoms with Gasteiger partial charge in [-0.2, -0.15) is 35.9 Å². The Hall–Kier alpha value is -3.05. The summed E-state index contributed by atoms with van der Waals surface area (Å²) in [5.41, 5.74) is 0.404. The van der Waals surface area contributed by atoms with Crippen molar-refractivity contribution in [2.24, 2.45) is 0 Å². The van der Waals surface area contributed by atoms with E-state index in [1.165, 1.54) is 24.5 Å². The van der Waals surface area contributed by atoms with Crippen molar-refractivity contribution in [2.75, 3.05) is 19.8 Å². The molecule has 0 aliphatic heterocycles. The molecule has 0 saturated carbocycles. The lowest BCUT2D eigenvalue weighted by Crippen LogP contribution is -2.32. The van der Waals surface area contributed by atoms with E-state index >= 15 is 0 Å². The number of halogens is 6. The van der Waals surface area contributed by atoms with Gasteiger partial charge in [0.15, 0.2) is 13.2 Å². The van der Waals surface area contributed by atoms with Crippen molar-refractivity contribution in [1.82, 2.24) is 9.29 Å². The first-order chi connectivity index (χ1) is 15.3. The van der Waals surface area contributed by atoms with Crippen LogP contribution in [0.5, 0.6) is 11.5 Å². The minimum absolute atomic E-state index is 0.261. The number of aromatic nitrogens is 1. The minimum Gasteiger partial charge on any atom is -0.484 e. The van der Waals surface area contributed by atoms with Crippen LogP contribution in [-0.2, 0) is 16.6 Å². The summed E-state index contributed by atoms with van der Waals surface area (Å²) in [7, 11) is -4.65. The van der Waals surface area contributed by atoms with Gasteiger partial charge in [-0.25, -0.2) is 8.42 Å². The molecule has 0 unspecified atom stereocenters. The molecule has 1 aromatic carbocycles. The summed E-state index contributed by atoms with van der Waals surface area (Å²) in [4.78, 5) is 3.01. The Kier molecular flexibility index (Phi) is 8.51. The van der Waals surface area contributed by atoms with Crippen LogP contribution in [0, 0.1) is 11.3 Å². The lowest BCUT2D eigenvalue weighted by molar-refractivity contribution is -0.154. The molecule has 0 saturated heterocycles. The topological polar surface area (TPSA) is 92.5 Å². The zero-order valence-corrected chi connectivity index (χ0v) is 17.5. The summed E-state index contributed by atoms with van der Waals surface area (Å²) in [6.07, 6.45) is -7.02. The smallest absolute Gasteiger partial charge is 0.422 e. The van der Waals surface area contributed by atoms with E-state index in [0.717, 1.165) is 16.4 Å². The van der Waals surface area contributed by atoms with Crippen LogP contribution in [0.2, 0.25) is 0 Å². The minimum atomic E-state index is -4.80. The second-order valence-electron chi connectivity index (χ2n) is 6.52. The molecule has 2 aromatic rings. The molecule has 2 rings (SSSR count). The molecule has 1 aromatic heterocycles. The Balaban J connectivity index is 2.48. The van der Waals surface area contributed by atoms with Gasteiger partial charge in [0.2, 0.25) is 10.0 Å². The van der Waals surface area contributed by atoms with Crippen LogP contribution in [-0.4, -0.2) is 49.8 Å². The molecule has 1 heterocycles. The van der Waals surface area contributed by atoms with E-state index < -0.39 is 52.0 Å². The summed E-state index contributed by atoms with van der Waals surface area (Å²) < 4.78 is 112. The number of hydrogen-bond donors (Lipinski definition) is 0. The Morgan fingerprint density at radius 1 is 1.03 bits per heavy atom. The lowest BCUT2D eigenvalue weighted by Gasteiger charge is -2.23. The molecule has 0 N–H and O–H groups in total. The first-order valence-electron chi connectivity index (χ1n) is 9.11. The molecular formula is C19H17F6N3O4S. The van der Waals surface area contributed by atoms with E-state index in [0.29, 0.717) is 11.6 Å². The third-order valence-corrected chi connectivity index (χ3v) is 5.75. The number of alkyl halides is 6. The maximum atomic E-state index is 13.3. The predicted molar refractivity (Wildman–Crippen MR) is 102 cm³/mol. The zero-order chi connectivity index (χ0) is 24.7. The van der Waals surface area contributed by atoms with Gasteiger partial charge in [0.05, 0.1) is 6.07 Å². The lowest BCUT2D eigenvalue weighted by atomic mass is 10.3. The number of sulfonamides is 1. The molecule has 7 nitrogen and oxygen atoms in total. The largest absolute Gasteiger partial charge is 0.484 e. The van der Waals surface area contributed by atoms with Crippen molar-refractivity contribution in [3.63, 3.8) is 0 Å². The first-order valence-corrected chi connectivity index (χ1v) is 10.5. The van der Waals surface area contributed by atoms with Crippen molar-refractivity contribution in [3.05, 3.63) is 48.3 Å². The number of nitriles is 1. The summed E-state index contributed by atoms with van der Waals surface area (Å²) in [5, 5.41) is 8.88. The quantitative estimate of drug-likeness (QED) is 0.460. The Labute approximate surface area is 185 Å². The van der Waals surface area contributed by atoms with Crippen molar-refractivity contribution < 1.29 is 44.2 Å². The van der Waals surface area contributed by atoms with Gasteiger partial charge in [0.1, 0.15) is 16.4 Å². The van der Waals surface area contributed by atoms with E-state index in [1.54, 1.807) is 6.07 Å². The first kappa shape index (κ1) is 26.2. The molecule has 0 aliphatic rings. The molecule has 0 amide bonds. The average molecular weight is 497 g/mol. The summed E-state index contributed by atoms with van der Waals surface area (Å²) in [6, 6.07) is 7.10. The van der Waals surface area contributed by atoms with Crippen LogP contribution in [0.15, 0.2) is 47.6 Å². The normalized spacial score (nSPS) is 12.4. The van der Waals surface area contributed by atoms with Gasteiger partial charge < -0.3 is 9.47 Å². The van der Waals surface area contributed by atoms with Crippen LogP contribution in [0.4, 0.5) is 26.3 Å². The molecule has 0 atom stereocenters. The molecular weight excluding hydrogens is 480 g/mol. The molecule has 0 bridgehead atoms. The fourth-order valence-electron chi connectivity index (χ4n) is 2.52.